The highest BCUT2D eigenvalue weighted by Gasteiger charge is 2.38. The maximum atomic E-state index is 12.3. The molecule has 0 bridgehead atoms. The summed E-state index contributed by atoms with van der Waals surface area (Å²) in [6.07, 6.45) is 4.88. The van der Waals surface area contributed by atoms with Gasteiger partial charge in [-0.05, 0) is 14.1 Å². The number of hydrogen-bond donors (Lipinski definition) is 0. The molecular formula is C12H16N6O2. The van der Waals surface area contributed by atoms with E-state index < -0.39 is 0 Å². The first-order chi connectivity index (χ1) is 9.66. The molecular weight excluding hydrogens is 260 g/mol. The van der Waals surface area contributed by atoms with Crippen LogP contribution in [0.2, 0.25) is 0 Å². The summed E-state index contributed by atoms with van der Waals surface area (Å²) in [5.74, 6) is -0.117. The van der Waals surface area contributed by atoms with E-state index in [-0.39, 0.29) is 18.0 Å². The van der Waals surface area contributed by atoms with E-state index in [2.05, 4.69) is 20.4 Å². The molecule has 0 aliphatic carbocycles. The van der Waals surface area contributed by atoms with Gasteiger partial charge in [0.05, 0.1) is 18.3 Å². The lowest BCUT2D eigenvalue weighted by Crippen LogP contribution is -2.37. The molecule has 1 amide bonds. The highest BCUT2D eigenvalue weighted by Crippen LogP contribution is 2.25. The minimum Gasteiger partial charge on any atom is -0.364 e. The van der Waals surface area contributed by atoms with Crippen molar-refractivity contribution < 1.29 is 9.32 Å². The summed E-state index contributed by atoms with van der Waals surface area (Å²) >= 11 is 0. The van der Waals surface area contributed by atoms with Crippen LogP contribution in [0.15, 0.2) is 29.2 Å². The molecule has 20 heavy (non-hydrogen) atoms. The summed E-state index contributed by atoms with van der Waals surface area (Å²) in [4.78, 5) is 16.2. The van der Waals surface area contributed by atoms with E-state index in [4.69, 9.17) is 4.52 Å². The summed E-state index contributed by atoms with van der Waals surface area (Å²) in [5.41, 5.74) is 0.335. The van der Waals surface area contributed by atoms with Crippen LogP contribution < -0.4 is 0 Å². The van der Waals surface area contributed by atoms with Crippen molar-refractivity contribution in [2.75, 3.05) is 27.2 Å². The van der Waals surface area contributed by atoms with Gasteiger partial charge in [-0.25, -0.2) is 4.68 Å². The number of carbonyl (C=O) groups excluding carboxylic acids is 1. The molecule has 3 heterocycles. The average molecular weight is 276 g/mol. The van der Waals surface area contributed by atoms with Gasteiger partial charge in [-0.1, -0.05) is 10.4 Å². The second-order valence-corrected chi connectivity index (χ2v) is 5.08. The van der Waals surface area contributed by atoms with E-state index in [0.717, 1.165) is 0 Å². The first-order valence-corrected chi connectivity index (χ1v) is 6.38. The Balaban J connectivity index is 1.81. The van der Waals surface area contributed by atoms with Gasteiger partial charge in [-0.15, -0.1) is 5.10 Å². The number of rotatable bonds is 3. The number of likely N-dealkylation sites (N-methyl/N-ethyl adjacent to an activating group) is 1. The van der Waals surface area contributed by atoms with Crippen molar-refractivity contribution in [3.8, 4) is 0 Å². The predicted octanol–water partition coefficient (Wildman–Crippen LogP) is -0.107. The zero-order valence-electron chi connectivity index (χ0n) is 11.4. The summed E-state index contributed by atoms with van der Waals surface area (Å²) in [7, 11) is 4.00. The van der Waals surface area contributed by atoms with Crippen LogP contribution in [0.25, 0.3) is 0 Å². The molecule has 8 nitrogen and oxygen atoms in total. The molecule has 106 valence electrons. The highest BCUT2D eigenvalue weighted by atomic mass is 16.5. The molecule has 1 saturated heterocycles. The third-order valence-corrected chi connectivity index (χ3v) is 3.65. The first-order valence-electron chi connectivity index (χ1n) is 6.38. The molecule has 3 rings (SSSR count). The van der Waals surface area contributed by atoms with E-state index >= 15 is 0 Å². The fourth-order valence-corrected chi connectivity index (χ4v) is 2.58. The second kappa shape index (κ2) is 5.04. The Bertz CT molecular complexity index is 565. The quantitative estimate of drug-likeness (QED) is 0.778. The lowest BCUT2D eigenvalue weighted by atomic mass is 10.1. The van der Waals surface area contributed by atoms with Crippen LogP contribution in [0.5, 0.6) is 0 Å². The number of aromatic nitrogens is 4. The minimum absolute atomic E-state index is 0.0864. The Hall–Kier alpha value is -2.22. The first kappa shape index (κ1) is 12.8. The van der Waals surface area contributed by atoms with Crippen LogP contribution in [0, 0.1) is 0 Å². The van der Waals surface area contributed by atoms with E-state index in [1.807, 2.05) is 20.3 Å². The normalized spacial score (nSPS) is 22.6. The minimum atomic E-state index is -0.117. The summed E-state index contributed by atoms with van der Waals surface area (Å²) in [6, 6.07) is 1.85. The molecule has 0 spiro atoms. The van der Waals surface area contributed by atoms with Gasteiger partial charge in [0.15, 0.2) is 5.69 Å². The van der Waals surface area contributed by atoms with Crippen molar-refractivity contribution in [2.45, 2.75) is 12.1 Å². The predicted molar refractivity (Wildman–Crippen MR) is 68.9 cm³/mol. The van der Waals surface area contributed by atoms with Gasteiger partial charge in [0.2, 0.25) is 0 Å². The summed E-state index contributed by atoms with van der Waals surface area (Å²) in [6.45, 7) is 1.21. The van der Waals surface area contributed by atoms with Gasteiger partial charge in [0.1, 0.15) is 6.26 Å². The molecule has 1 fully saturated rings. The SMILES string of the molecule is CN(C)[C@@H]1CN(C(=O)c2ccon2)C[C@@H]1n1ccnn1. The topological polar surface area (TPSA) is 80.3 Å². The van der Waals surface area contributed by atoms with Crippen LogP contribution >= 0.6 is 0 Å². The van der Waals surface area contributed by atoms with Crippen molar-refractivity contribution >= 4 is 5.91 Å². The zero-order chi connectivity index (χ0) is 14.1. The fourth-order valence-electron chi connectivity index (χ4n) is 2.58. The van der Waals surface area contributed by atoms with E-state index in [9.17, 15) is 4.79 Å². The van der Waals surface area contributed by atoms with Crippen molar-refractivity contribution in [3.63, 3.8) is 0 Å². The molecule has 0 radical (unpaired) electrons. The van der Waals surface area contributed by atoms with Crippen LogP contribution in [0.4, 0.5) is 0 Å². The van der Waals surface area contributed by atoms with Crippen molar-refractivity contribution in [3.05, 3.63) is 30.4 Å². The van der Waals surface area contributed by atoms with E-state index in [0.29, 0.717) is 18.8 Å². The van der Waals surface area contributed by atoms with Crippen LogP contribution in [-0.4, -0.2) is 69.1 Å². The monoisotopic (exact) mass is 276 g/mol. The third kappa shape index (κ3) is 2.18. The standard InChI is InChI=1S/C12H16N6O2/c1-16(2)10-7-17(12(19)9-3-6-20-14-9)8-11(10)18-5-4-13-15-18/h3-6,10-11H,7-8H2,1-2H3/t10-,11+/m1/s1. The summed E-state index contributed by atoms with van der Waals surface area (Å²) in [5, 5.41) is 11.6. The molecule has 1 aliphatic rings. The number of nitrogens with zero attached hydrogens (tertiary/aromatic N) is 6. The smallest absolute Gasteiger partial charge is 0.276 e. The Morgan fingerprint density at radius 3 is 2.90 bits per heavy atom. The van der Waals surface area contributed by atoms with Crippen LogP contribution in [-0.2, 0) is 0 Å². The Morgan fingerprint density at radius 2 is 2.30 bits per heavy atom. The molecule has 8 heteroatoms. The molecule has 1 aliphatic heterocycles. The molecule has 2 aromatic heterocycles. The Kier molecular flexibility index (Phi) is 3.23. The van der Waals surface area contributed by atoms with Gasteiger partial charge in [0, 0.05) is 25.4 Å². The van der Waals surface area contributed by atoms with Crippen LogP contribution in [0.3, 0.4) is 0 Å². The number of amides is 1. The Morgan fingerprint density at radius 1 is 1.45 bits per heavy atom. The maximum absolute atomic E-state index is 12.3. The van der Waals surface area contributed by atoms with Crippen molar-refractivity contribution in [1.29, 1.82) is 0 Å². The van der Waals surface area contributed by atoms with Gasteiger partial charge >= 0.3 is 0 Å². The molecule has 2 atom stereocenters. The number of hydrogen-bond acceptors (Lipinski definition) is 6. The molecule has 2 aromatic rings. The fraction of sp³-hybridized carbons (Fsp3) is 0.500. The third-order valence-electron chi connectivity index (χ3n) is 3.65. The molecule has 0 N–H and O–H groups in total. The average Bonchev–Trinajstić information content (AvgIpc) is 3.17. The molecule has 0 aromatic carbocycles. The van der Waals surface area contributed by atoms with Crippen LogP contribution in [0.1, 0.15) is 16.5 Å². The van der Waals surface area contributed by atoms with Gasteiger partial charge in [-0.2, -0.15) is 0 Å². The lowest BCUT2D eigenvalue weighted by Gasteiger charge is -2.24. The van der Waals surface area contributed by atoms with E-state index in [1.54, 1.807) is 21.8 Å². The molecule has 0 unspecified atom stereocenters. The largest absolute Gasteiger partial charge is 0.364 e. The van der Waals surface area contributed by atoms with Gasteiger partial charge in [-0.3, -0.25) is 4.79 Å². The number of likely N-dealkylation sites (tertiary alicyclic amines) is 1. The Labute approximate surface area is 115 Å². The second-order valence-electron chi connectivity index (χ2n) is 5.08. The maximum Gasteiger partial charge on any atom is 0.276 e. The van der Waals surface area contributed by atoms with Gasteiger partial charge in [0.25, 0.3) is 5.91 Å². The van der Waals surface area contributed by atoms with Crippen molar-refractivity contribution in [1.82, 2.24) is 30.0 Å². The zero-order valence-corrected chi connectivity index (χ0v) is 11.4. The molecule has 0 saturated carbocycles. The van der Waals surface area contributed by atoms with Gasteiger partial charge < -0.3 is 14.3 Å². The van der Waals surface area contributed by atoms with Crippen molar-refractivity contribution in [2.24, 2.45) is 0 Å². The highest BCUT2D eigenvalue weighted by molar-refractivity contribution is 5.92. The summed E-state index contributed by atoms with van der Waals surface area (Å²) < 4.78 is 6.54. The lowest BCUT2D eigenvalue weighted by molar-refractivity contribution is 0.0770. The van der Waals surface area contributed by atoms with E-state index in [1.165, 1.54) is 6.26 Å². The number of carbonyl (C=O) groups is 1.